The molecule has 4 unspecified atom stereocenters. The van der Waals surface area contributed by atoms with E-state index >= 15 is 0 Å². The third-order valence-corrected chi connectivity index (χ3v) is 7.20. The highest BCUT2D eigenvalue weighted by Crippen LogP contribution is 2.50. The Hall–Kier alpha value is -0.0900. The molecule has 20 heavy (non-hydrogen) atoms. The molecular weight excluding hydrogens is 270 g/mol. The summed E-state index contributed by atoms with van der Waals surface area (Å²) >= 11 is 0. The highest BCUT2D eigenvalue weighted by atomic mass is 32.2. The van der Waals surface area contributed by atoms with Crippen LogP contribution in [0.4, 0.5) is 0 Å². The van der Waals surface area contributed by atoms with Gasteiger partial charge in [-0.2, -0.15) is 0 Å². The van der Waals surface area contributed by atoms with Crippen LogP contribution in [-0.2, 0) is 9.84 Å². The second-order valence-electron chi connectivity index (χ2n) is 6.80. The van der Waals surface area contributed by atoms with Crippen LogP contribution in [-0.4, -0.2) is 32.5 Å². The van der Waals surface area contributed by atoms with Gasteiger partial charge in [0, 0.05) is 11.8 Å². The third kappa shape index (κ3) is 4.45. The summed E-state index contributed by atoms with van der Waals surface area (Å²) in [6, 6.07) is 0.524. The van der Waals surface area contributed by atoms with Crippen molar-refractivity contribution in [1.29, 1.82) is 0 Å². The molecule has 2 aliphatic carbocycles. The van der Waals surface area contributed by atoms with Crippen molar-refractivity contribution in [3.8, 4) is 0 Å². The Bertz CT molecular complexity index is 393. The molecule has 0 amide bonds. The lowest BCUT2D eigenvalue weighted by Gasteiger charge is -2.27. The smallest absolute Gasteiger partial charge is 0.150 e. The van der Waals surface area contributed by atoms with Gasteiger partial charge in [-0.15, -0.1) is 0 Å². The first-order chi connectivity index (χ1) is 9.54. The largest absolute Gasteiger partial charge is 0.314 e. The molecule has 2 fully saturated rings. The van der Waals surface area contributed by atoms with Crippen LogP contribution in [0.3, 0.4) is 0 Å². The Morgan fingerprint density at radius 2 is 2.00 bits per heavy atom. The van der Waals surface area contributed by atoms with Gasteiger partial charge in [0.05, 0.1) is 5.75 Å². The Labute approximate surface area is 124 Å². The predicted octanol–water partition coefficient (Wildman–Crippen LogP) is 3.01. The molecule has 0 aromatic heterocycles. The quantitative estimate of drug-likeness (QED) is 0.712. The van der Waals surface area contributed by atoms with E-state index in [9.17, 15) is 8.42 Å². The van der Waals surface area contributed by atoms with Gasteiger partial charge in [-0.1, -0.05) is 20.3 Å². The van der Waals surface area contributed by atoms with Gasteiger partial charge in [-0.05, 0) is 62.8 Å². The highest BCUT2D eigenvalue weighted by molar-refractivity contribution is 7.91. The van der Waals surface area contributed by atoms with Crippen molar-refractivity contribution in [2.45, 2.75) is 64.8 Å². The summed E-state index contributed by atoms with van der Waals surface area (Å²) in [5, 5.41) is 3.58. The summed E-state index contributed by atoms with van der Waals surface area (Å²) in [5.41, 5.74) is 0. The molecule has 2 aliphatic rings. The standard InChI is InChI=1S/C16H31NO2S/c1-3-17-16(6-5-9-20(18,19)4-2)12-15-11-13-7-8-14(15)10-13/h13-17H,3-12H2,1-2H3. The van der Waals surface area contributed by atoms with E-state index < -0.39 is 9.84 Å². The van der Waals surface area contributed by atoms with Crippen LogP contribution in [0.5, 0.6) is 0 Å². The number of rotatable bonds is 9. The number of fused-ring (bicyclic) bond motifs is 2. The molecule has 0 heterocycles. The van der Waals surface area contributed by atoms with Crippen LogP contribution in [0.25, 0.3) is 0 Å². The molecule has 2 saturated carbocycles. The zero-order valence-electron chi connectivity index (χ0n) is 13.1. The topological polar surface area (TPSA) is 46.2 Å². The second-order valence-corrected chi connectivity index (χ2v) is 9.28. The molecule has 0 spiro atoms. The molecule has 0 radical (unpaired) electrons. The first kappa shape index (κ1) is 16.3. The average Bonchev–Trinajstić information content (AvgIpc) is 3.01. The van der Waals surface area contributed by atoms with Crippen molar-refractivity contribution in [2.24, 2.45) is 17.8 Å². The van der Waals surface area contributed by atoms with Crippen molar-refractivity contribution < 1.29 is 8.42 Å². The summed E-state index contributed by atoms with van der Waals surface area (Å²) in [6.07, 6.45) is 8.89. The molecule has 0 aromatic rings. The fourth-order valence-electron chi connectivity index (χ4n) is 4.32. The predicted molar refractivity (Wildman–Crippen MR) is 84.6 cm³/mol. The van der Waals surface area contributed by atoms with Gasteiger partial charge in [0.1, 0.15) is 9.84 Å². The van der Waals surface area contributed by atoms with Crippen LogP contribution in [0.1, 0.15) is 58.8 Å². The Morgan fingerprint density at radius 3 is 2.55 bits per heavy atom. The minimum Gasteiger partial charge on any atom is -0.314 e. The van der Waals surface area contributed by atoms with Crippen LogP contribution < -0.4 is 5.32 Å². The Kier molecular flexibility index (Phi) is 5.91. The zero-order valence-corrected chi connectivity index (χ0v) is 13.9. The molecule has 0 saturated heterocycles. The van der Waals surface area contributed by atoms with E-state index in [4.69, 9.17) is 0 Å². The lowest BCUT2D eigenvalue weighted by atomic mass is 9.83. The molecule has 0 aromatic carbocycles. The maximum atomic E-state index is 11.6. The molecule has 1 N–H and O–H groups in total. The van der Waals surface area contributed by atoms with E-state index in [-0.39, 0.29) is 5.75 Å². The van der Waals surface area contributed by atoms with Gasteiger partial charge >= 0.3 is 0 Å². The monoisotopic (exact) mass is 301 g/mol. The van der Waals surface area contributed by atoms with Crippen molar-refractivity contribution in [2.75, 3.05) is 18.1 Å². The fraction of sp³-hybridized carbons (Fsp3) is 1.00. The molecule has 3 nitrogen and oxygen atoms in total. The normalized spacial score (nSPS) is 30.8. The van der Waals surface area contributed by atoms with Crippen molar-refractivity contribution >= 4 is 9.84 Å². The number of nitrogens with one attached hydrogen (secondary N) is 1. The molecule has 0 aliphatic heterocycles. The van der Waals surface area contributed by atoms with E-state index in [2.05, 4.69) is 12.2 Å². The van der Waals surface area contributed by atoms with Gasteiger partial charge in [0.25, 0.3) is 0 Å². The third-order valence-electron chi connectivity index (χ3n) is 5.41. The summed E-state index contributed by atoms with van der Waals surface area (Å²) in [4.78, 5) is 0. The lowest BCUT2D eigenvalue weighted by Crippen LogP contribution is -2.32. The SMILES string of the molecule is CCNC(CCCS(=O)(=O)CC)CC1CC2CCC1C2. The average molecular weight is 301 g/mol. The maximum absolute atomic E-state index is 11.6. The van der Waals surface area contributed by atoms with Gasteiger partial charge in [-0.3, -0.25) is 0 Å². The number of hydrogen-bond donors (Lipinski definition) is 1. The fourth-order valence-corrected chi connectivity index (χ4v) is 5.21. The van der Waals surface area contributed by atoms with Crippen LogP contribution in [0.15, 0.2) is 0 Å². The first-order valence-corrected chi connectivity index (χ1v) is 10.3. The summed E-state index contributed by atoms with van der Waals surface area (Å²) in [6.45, 7) is 4.88. The maximum Gasteiger partial charge on any atom is 0.150 e. The molecule has 4 heteroatoms. The Balaban J connectivity index is 1.75. The molecule has 2 rings (SSSR count). The number of hydrogen-bond acceptors (Lipinski definition) is 3. The van der Waals surface area contributed by atoms with Crippen molar-refractivity contribution in [3.05, 3.63) is 0 Å². The second kappa shape index (κ2) is 7.26. The number of sulfone groups is 1. The lowest BCUT2D eigenvalue weighted by molar-refractivity contribution is 0.272. The van der Waals surface area contributed by atoms with E-state index in [1.807, 2.05) is 0 Å². The van der Waals surface area contributed by atoms with Crippen LogP contribution in [0, 0.1) is 17.8 Å². The summed E-state index contributed by atoms with van der Waals surface area (Å²) < 4.78 is 23.1. The van der Waals surface area contributed by atoms with Crippen molar-refractivity contribution in [3.63, 3.8) is 0 Å². The minimum absolute atomic E-state index is 0.283. The summed E-state index contributed by atoms with van der Waals surface area (Å²) in [7, 11) is -2.79. The Morgan fingerprint density at radius 1 is 1.20 bits per heavy atom. The van der Waals surface area contributed by atoms with Gasteiger partial charge < -0.3 is 5.32 Å². The van der Waals surface area contributed by atoms with E-state index in [0.717, 1.165) is 37.1 Å². The molecule has 4 atom stereocenters. The van der Waals surface area contributed by atoms with Gasteiger partial charge in [0.15, 0.2) is 0 Å². The van der Waals surface area contributed by atoms with E-state index in [1.165, 1.54) is 32.1 Å². The van der Waals surface area contributed by atoms with Gasteiger partial charge in [-0.25, -0.2) is 8.42 Å². The van der Waals surface area contributed by atoms with E-state index in [1.54, 1.807) is 6.92 Å². The molecular formula is C16H31NO2S. The highest BCUT2D eigenvalue weighted by Gasteiger charge is 2.39. The molecule has 118 valence electrons. The first-order valence-electron chi connectivity index (χ1n) is 8.47. The van der Waals surface area contributed by atoms with Crippen molar-refractivity contribution in [1.82, 2.24) is 5.32 Å². The zero-order chi connectivity index (χ0) is 14.6. The van der Waals surface area contributed by atoms with Crippen LogP contribution in [0.2, 0.25) is 0 Å². The van der Waals surface area contributed by atoms with Crippen LogP contribution >= 0.6 is 0 Å². The van der Waals surface area contributed by atoms with E-state index in [0.29, 0.717) is 11.8 Å². The molecule has 2 bridgehead atoms. The van der Waals surface area contributed by atoms with Gasteiger partial charge in [0.2, 0.25) is 0 Å². The summed E-state index contributed by atoms with van der Waals surface area (Å²) in [5.74, 6) is 3.53. The minimum atomic E-state index is -2.79.